The van der Waals surface area contributed by atoms with Crippen molar-refractivity contribution < 1.29 is 9.18 Å². The number of hydrogen-bond donors (Lipinski definition) is 1. The van der Waals surface area contributed by atoms with Gasteiger partial charge in [-0.3, -0.25) is 4.79 Å². The van der Waals surface area contributed by atoms with Crippen LogP contribution < -0.4 is 5.32 Å². The third-order valence-corrected chi connectivity index (χ3v) is 4.42. The van der Waals surface area contributed by atoms with E-state index in [-0.39, 0.29) is 11.7 Å². The Bertz CT molecular complexity index is 676. The number of carbonyl (C=O) groups is 1. The first-order chi connectivity index (χ1) is 10.1. The van der Waals surface area contributed by atoms with Gasteiger partial charge in [0.25, 0.3) is 0 Å². The maximum atomic E-state index is 14.1. The van der Waals surface area contributed by atoms with Gasteiger partial charge in [-0.25, -0.2) is 4.39 Å². The van der Waals surface area contributed by atoms with Gasteiger partial charge in [-0.15, -0.1) is 0 Å². The number of rotatable bonds is 3. The van der Waals surface area contributed by atoms with Crippen molar-refractivity contribution in [2.45, 2.75) is 31.6 Å². The Morgan fingerprint density at radius 3 is 2.38 bits per heavy atom. The average Bonchev–Trinajstić information content (AvgIpc) is 2.42. The van der Waals surface area contributed by atoms with Crippen molar-refractivity contribution in [1.29, 1.82) is 0 Å². The van der Waals surface area contributed by atoms with Gasteiger partial charge in [0, 0.05) is 11.3 Å². The van der Waals surface area contributed by atoms with Crippen LogP contribution in [0.1, 0.15) is 30.4 Å². The molecule has 0 spiro atoms. The van der Waals surface area contributed by atoms with E-state index in [1.54, 1.807) is 18.2 Å². The van der Waals surface area contributed by atoms with E-state index in [1.807, 2.05) is 31.2 Å². The van der Waals surface area contributed by atoms with E-state index in [4.69, 9.17) is 0 Å². The molecule has 3 heteroatoms. The Labute approximate surface area is 124 Å². The maximum absolute atomic E-state index is 14.1. The summed E-state index contributed by atoms with van der Waals surface area (Å²) in [5.74, 6) is -0.398. The molecule has 3 rings (SSSR count). The average molecular weight is 283 g/mol. The lowest BCUT2D eigenvalue weighted by Crippen LogP contribution is -2.46. The molecule has 0 aromatic heterocycles. The van der Waals surface area contributed by atoms with E-state index in [2.05, 4.69) is 5.32 Å². The number of amides is 1. The van der Waals surface area contributed by atoms with Crippen LogP contribution in [0.4, 0.5) is 10.1 Å². The molecule has 1 aliphatic rings. The van der Waals surface area contributed by atoms with Crippen molar-refractivity contribution in [2.24, 2.45) is 0 Å². The lowest BCUT2D eigenvalue weighted by molar-refractivity contribution is -0.124. The van der Waals surface area contributed by atoms with Crippen LogP contribution in [0.5, 0.6) is 0 Å². The quantitative estimate of drug-likeness (QED) is 0.899. The van der Waals surface area contributed by atoms with E-state index in [0.29, 0.717) is 18.4 Å². The second-order valence-electron chi connectivity index (χ2n) is 5.68. The molecule has 0 heterocycles. The number of carbonyl (C=O) groups excluding carboxylic acids is 1. The lowest BCUT2D eigenvalue weighted by atomic mass is 9.63. The molecular weight excluding hydrogens is 265 g/mol. The standard InChI is InChI=1S/C18H18FNO/c1-13-7-2-5-10-16(13)20-17(21)18(11-6-12-18)14-8-3-4-9-15(14)19/h2-5,7-10H,6,11-12H2,1H3,(H,20,21). The van der Waals surface area contributed by atoms with Gasteiger partial charge in [0.05, 0.1) is 5.41 Å². The molecule has 0 saturated heterocycles. The Kier molecular flexibility index (Phi) is 3.50. The summed E-state index contributed by atoms with van der Waals surface area (Å²) in [6, 6.07) is 14.2. The molecule has 108 valence electrons. The fourth-order valence-electron chi connectivity index (χ4n) is 2.95. The zero-order chi connectivity index (χ0) is 14.9. The van der Waals surface area contributed by atoms with E-state index in [1.165, 1.54) is 6.07 Å². The summed E-state index contributed by atoms with van der Waals surface area (Å²) < 4.78 is 14.1. The highest BCUT2D eigenvalue weighted by Gasteiger charge is 2.47. The number of nitrogens with one attached hydrogen (secondary N) is 1. The predicted octanol–water partition coefficient (Wildman–Crippen LogP) is 4.19. The minimum absolute atomic E-state index is 0.104. The Balaban J connectivity index is 1.92. The van der Waals surface area contributed by atoms with Crippen molar-refractivity contribution in [3.05, 3.63) is 65.5 Å². The summed E-state index contributed by atoms with van der Waals surface area (Å²) in [4.78, 5) is 12.7. The predicted molar refractivity (Wildman–Crippen MR) is 81.7 cm³/mol. The van der Waals surface area contributed by atoms with Crippen molar-refractivity contribution in [2.75, 3.05) is 5.32 Å². The second-order valence-corrected chi connectivity index (χ2v) is 5.68. The Morgan fingerprint density at radius 2 is 1.76 bits per heavy atom. The van der Waals surface area contributed by atoms with Gasteiger partial charge in [0.2, 0.25) is 5.91 Å². The molecule has 1 saturated carbocycles. The van der Waals surface area contributed by atoms with Crippen molar-refractivity contribution in [3.8, 4) is 0 Å². The van der Waals surface area contributed by atoms with E-state index in [0.717, 1.165) is 17.7 Å². The molecule has 21 heavy (non-hydrogen) atoms. The molecule has 0 atom stereocenters. The van der Waals surface area contributed by atoms with Crippen LogP contribution in [0, 0.1) is 12.7 Å². The van der Waals surface area contributed by atoms with Crippen LogP contribution in [0.25, 0.3) is 0 Å². The first kappa shape index (κ1) is 13.8. The normalized spacial score (nSPS) is 16.1. The van der Waals surface area contributed by atoms with Crippen LogP contribution in [0.15, 0.2) is 48.5 Å². The van der Waals surface area contributed by atoms with Crippen LogP contribution >= 0.6 is 0 Å². The smallest absolute Gasteiger partial charge is 0.235 e. The van der Waals surface area contributed by atoms with Crippen LogP contribution in [-0.4, -0.2) is 5.91 Å². The summed E-state index contributed by atoms with van der Waals surface area (Å²) >= 11 is 0. The molecule has 0 radical (unpaired) electrons. The van der Waals surface area contributed by atoms with Crippen molar-refractivity contribution in [1.82, 2.24) is 0 Å². The molecule has 0 aliphatic heterocycles. The molecule has 0 bridgehead atoms. The molecular formula is C18H18FNO. The number of hydrogen-bond acceptors (Lipinski definition) is 1. The molecule has 2 nitrogen and oxygen atoms in total. The topological polar surface area (TPSA) is 29.1 Å². The fourth-order valence-corrected chi connectivity index (χ4v) is 2.95. The van der Waals surface area contributed by atoms with E-state index < -0.39 is 5.41 Å². The minimum atomic E-state index is -0.715. The number of halogens is 1. The number of aryl methyl sites for hydroxylation is 1. The van der Waals surface area contributed by atoms with Gasteiger partial charge in [-0.05, 0) is 37.5 Å². The number of anilines is 1. The van der Waals surface area contributed by atoms with Gasteiger partial charge >= 0.3 is 0 Å². The Morgan fingerprint density at radius 1 is 1.10 bits per heavy atom. The van der Waals surface area contributed by atoms with Gasteiger partial charge in [-0.1, -0.05) is 42.8 Å². The second kappa shape index (κ2) is 5.32. The number of para-hydroxylation sites is 1. The monoisotopic (exact) mass is 283 g/mol. The van der Waals surface area contributed by atoms with E-state index in [9.17, 15) is 9.18 Å². The molecule has 2 aromatic carbocycles. The van der Waals surface area contributed by atoms with Gasteiger partial charge in [-0.2, -0.15) is 0 Å². The van der Waals surface area contributed by atoms with Gasteiger partial charge in [0.15, 0.2) is 0 Å². The fraction of sp³-hybridized carbons (Fsp3) is 0.278. The van der Waals surface area contributed by atoms with Gasteiger partial charge in [0.1, 0.15) is 5.82 Å². The maximum Gasteiger partial charge on any atom is 0.235 e. The van der Waals surface area contributed by atoms with Crippen LogP contribution in [-0.2, 0) is 10.2 Å². The van der Waals surface area contributed by atoms with E-state index >= 15 is 0 Å². The third-order valence-electron chi connectivity index (χ3n) is 4.42. The third kappa shape index (κ3) is 2.33. The summed E-state index contributed by atoms with van der Waals surface area (Å²) in [5, 5.41) is 2.97. The summed E-state index contributed by atoms with van der Waals surface area (Å²) in [5.41, 5.74) is 1.61. The highest BCUT2D eigenvalue weighted by molar-refractivity contribution is 6.00. The molecule has 1 amide bonds. The van der Waals surface area contributed by atoms with Crippen molar-refractivity contribution in [3.63, 3.8) is 0 Å². The summed E-state index contributed by atoms with van der Waals surface area (Å²) in [6.07, 6.45) is 2.35. The zero-order valence-corrected chi connectivity index (χ0v) is 12.0. The highest BCUT2D eigenvalue weighted by Crippen LogP contribution is 2.45. The first-order valence-electron chi connectivity index (χ1n) is 7.25. The minimum Gasteiger partial charge on any atom is -0.325 e. The van der Waals surface area contributed by atoms with Crippen LogP contribution in [0.2, 0.25) is 0 Å². The zero-order valence-electron chi connectivity index (χ0n) is 12.0. The molecule has 1 N–H and O–H groups in total. The summed E-state index contributed by atoms with van der Waals surface area (Å²) in [7, 11) is 0. The lowest BCUT2D eigenvalue weighted by Gasteiger charge is -2.40. The largest absolute Gasteiger partial charge is 0.325 e. The van der Waals surface area contributed by atoms with Crippen molar-refractivity contribution >= 4 is 11.6 Å². The molecule has 1 fully saturated rings. The molecule has 1 aliphatic carbocycles. The SMILES string of the molecule is Cc1ccccc1NC(=O)C1(c2ccccc2F)CCC1. The number of benzene rings is 2. The van der Waals surface area contributed by atoms with Crippen LogP contribution in [0.3, 0.4) is 0 Å². The molecule has 2 aromatic rings. The summed E-state index contributed by atoms with van der Waals surface area (Å²) in [6.45, 7) is 1.95. The van der Waals surface area contributed by atoms with Gasteiger partial charge < -0.3 is 5.32 Å². The Hall–Kier alpha value is -2.16. The first-order valence-corrected chi connectivity index (χ1v) is 7.25. The highest BCUT2D eigenvalue weighted by atomic mass is 19.1. The molecule has 0 unspecified atom stereocenters.